The van der Waals surface area contributed by atoms with Crippen molar-refractivity contribution in [3.05, 3.63) is 59.0 Å². The van der Waals surface area contributed by atoms with E-state index in [2.05, 4.69) is 47.6 Å². The van der Waals surface area contributed by atoms with Gasteiger partial charge in [0.05, 0.1) is 5.69 Å². The number of anilines is 1. The summed E-state index contributed by atoms with van der Waals surface area (Å²) in [7, 11) is 0. The molecule has 0 aliphatic carbocycles. The van der Waals surface area contributed by atoms with E-state index in [1.807, 2.05) is 12.1 Å². The van der Waals surface area contributed by atoms with Crippen LogP contribution in [-0.4, -0.2) is 14.4 Å². The molecule has 0 radical (unpaired) electrons. The van der Waals surface area contributed by atoms with Gasteiger partial charge in [-0.2, -0.15) is 4.98 Å². The van der Waals surface area contributed by atoms with Crippen LogP contribution in [0.3, 0.4) is 0 Å². The molecule has 0 saturated heterocycles. The summed E-state index contributed by atoms with van der Waals surface area (Å²) < 4.78 is 7.53. The number of hydrogen-bond donors (Lipinski definition) is 1. The minimum absolute atomic E-state index is 0. The zero-order chi connectivity index (χ0) is 16.0. The molecular formula is C18H20Cl2N4O. The zero-order valence-electron chi connectivity index (χ0n) is 14.0. The normalized spacial score (nSPS) is 10.6. The second-order valence-corrected chi connectivity index (χ2v) is 5.93. The van der Waals surface area contributed by atoms with E-state index in [9.17, 15) is 0 Å². The molecule has 4 aromatic rings. The van der Waals surface area contributed by atoms with Gasteiger partial charge in [-0.1, -0.05) is 6.07 Å². The Hall–Kier alpha value is -2.24. The number of rotatable bonds is 3. The third-order valence-corrected chi connectivity index (χ3v) is 4.24. The minimum atomic E-state index is 0. The molecule has 0 atom stereocenters. The topological polar surface area (TPSA) is 69.3 Å². The Morgan fingerprint density at radius 1 is 1.04 bits per heavy atom. The first-order valence-corrected chi connectivity index (χ1v) is 7.69. The average molecular weight is 379 g/mol. The van der Waals surface area contributed by atoms with Gasteiger partial charge in [0.25, 0.3) is 6.01 Å². The van der Waals surface area contributed by atoms with Gasteiger partial charge >= 0.3 is 0 Å². The van der Waals surface area contributed by atoms with Gasteiger partial charge in [0.1, 0.15) is 11.2 Å². The molecule has 0 aliphatic heterocycles. The van der Waals surface area contributed by atoms with Gasteiger partial charge < -0.3 is 14.6 Å². The number of imidazole rings is 1. The van der Waals surface area contributed by atoms with Crippen LogP contribution in [0.1, 0.15) is 22.5 Å². The van der Waals surface area contributed by atoms with Crippen LogP contribution >= 0.6 is 24.8 Å². The molecule has 25 heavy (non-hydrogen) atoms. The molecule has 1 aromatic carbocycles. The van der Waals surface area contributed by atoms with Crippen LogP contribution < -0.4 is 5.73 Å². The molecular weight excluding hydrogens is 359 g/mol. The highest BCUT2D eigenvalue weighted by Crippen LogP contribution is 2.20. The summed E-state index contributed by atoms with van der Waals surface area (Å²) in [6.45, 7) is 4.20. The first kappa shape index (κ1) is 19.1. The zero-order valence-corrected chi connectivity index (χ0v) is 15.7. The van der Waals surface area contributed by atoms with Crippen molar-refractivity contribution in [3.63, 3.8) is 0 Å². The number of aromatic nitrogens is 3. The summed E-state index contributed by atoms with van der Waals surface area (Å²) >= 11 is 0. The van der Waals surface area contributed by atoms with Crippen molar-refractivity contribution in [1.82, 2.24) is 14.4 Å². The van der Waals surface area contributed by atoms with Gasteiger partial charge in [-0.15, -0.1) is 24.8 Å². The Kier molecular flexibility index (Phi) is 5.60. The fourth-order valence-corrected chi connectivity index (χ4v) is 2.96. The van der Waals surface area contributed by atoms with Crippen LogP contribution in [0.15, 0.2) is 40.9 Å². The molecule has 0 unspecified atom stereocenters. The molecule has 3 aromatic heterocycles. The SMILES string of the molecule is Cc1ccn2c(C)c(CCc3ccc4nc(N)oc4c3)nc2c1.Cl.Cl. The largest absolute Gasteiger partial charge is 0.424 e. The first-order valence-electron chi connectivity index (χ1n) is 7.69. The lowest BCUT2D eigenvalue weighted by Gasteiger charge is -2.01. The van der Waals surface area contributed by atoms with E-state index in [0.29, 0.717) is 0 Å². The standard InChI is InChI=1S/C18H18N4O.2ClH/c1-11-7-8-22-12(2)14(20-17(22)9-11)5-3-13-4-6-15-16(10-13)23-18(19)21-15;;/h4,6-10H,3,5H2,1-2H3,(H2,19,21);2*1H. The Labute approximate surface area is 158 Å². The Bertz CT molecular complexity index is 1020. The summed E-state index contributed by atoms with van der Waals surface area (Å²) in [6, 6.07) is 10.5. The number of hydrogen-bond acceptors (Lipinski definition) is 4. The second kappa shape index (κ2) is 7.33. The molecule has 0 bridgehead atoms. The summed E-state index contributed by atoms with van der Waals surface area (Å²) in [5.41, 5.74) is 12.9. The van der Waals surface area contributed by atoms with Crippen LogP contribution in [0.5, 0.6) is 0 Å². The monoisotopic (exact) mass is 378 g/mol. The third-order valence-electron chi connectivity index (χ3n) is 4.24. The molecule has 2 N–H and O–H groups in total. The van der Waals surface area contributed by atoms with E-state index in [4.69, 9.17) is 15.1 Å². The van der Waals surface area contributed by atoms with Crippen LogP contribution in [0.4, 0.5) is 6.01 Å². The van der Waals surface area contributed by atoms with Gasteiger partial charge in [0.15, 0.2) is 5.58 Å². The van der Waals surface area contributed by atoms with Crippen LogP contribution in [0, 0.1) is 13.8 Å². The molecule has 0 saturated carbocycles. The summed E-state index contributed by atoms with van der Waals surface area (Å²) in [5.74, 6) is 0. The Morgan fingerprint density at radius 3 is 2.64 bits per heavy atom. The van der Waals surface area contributed by atoms with E-state index in [-0.39, 0.29) is 30.8 Å². The smallest absolute Gasteiger partial charge is 0.292 e. The van der Waals surface area contributed by atoms with Crippen LogP contribution in [0.25, 0.3) is 16.7 Å². The molecule has 3 heterocycles. The Balaban J connectivity index is 0.00000113. The highest BCUT2D eigenvalue weighted by molar-refractivity contribution is 5.85. The third kappa shape index (κ3) is 3.57. The van der Waals surface area contributed by atoms with E-state index >= 15 is 0 Å². The number of aryl methyl sites for hydroxylation is 4. The molecule has 7 heteroatoms. The maximum atomic E-state index is 5.59. The van der Waals surface area contributed by atoms with E-state index < -0.39 is 0 Å². The van der Waals surface area contributed by atoms with Crippen LogP contribution in [0.2, 0.25) is 0 Å². The number of halogens is 2. The van der Waals surface area contributed by atoms with Gasteiger partial charge in [-0.3, -0.25) is 0 Å². The number of nitrogens with two attached hydrogens (primary N) is 1. The van der Waals surface area contributed by atoms with E-state index in [0.717, 1.165) is 35.3 Å². The Morgan fingerprint density at radius 2 is 1.84 bits per heavy atom. The quantitative estimate of drug-likeness (QED) is 0.576. The predicted molar refractivity (Wildman–Crippen MR) is 105 cm³/mol. The molecule has 0 spiro atoms. The second-order valence-electron chi connectivity index (χ2n) is 5.93. The number of nitrogens with zero attached hydrogens (tertiary/aromatic N) is 3. The lowest BCUT2D eigenvalue weighted by atomic mass is 10.1. The van der Waals surface area contributed by atoms with Gasteiger partial charge in [-0.25, -0.2) is 4.98 Å². The molecule has 0 aliphatic rings. The molecule has 5 nitrogen and oxygen atoms in total. The minimum Gasteiger partial charge on any atom is -0.424 e. The summed E-state index contributed by atoms with van der Waals surface area (Å²) in [5, 5.41) is 0. The van der Waals surface area contributed by atoms with Gasteiger partial charge in [0.2, 0.25) is 0 Å². The number of nitrogen functional groups attached to an aromatic ring is 1. The highest BCUT2D eigenvalue weighted by Gasteiger charge is 2.09. The van der Waals surface area contributed by atoms with Gasteiger partial charge in [-0.05, 0) is 62.1 Å². The molecule has 132 valence electrons. The first-order chi connectivity index (χ1) is 11.1. The maximum Gasteiger partial charge on any atom is 0.292 e. The predicted octanol–water partition coefficient (Wildman–Crippen LogP) is 4.30. The fourth-order valence-electron chi connectivity index (χ4n) is 2.96. The number of benzene rings is 1. The number of oxazole rings is 1. The summed E-state index contributed by atoms with van der Waals surface area (Å²) in [6.07, 6.45) is 3.88. The van der Waals surface area contributed by atoms with Crippen molar-refractivity contribution < 1.29 is 4.42 Å². The van der Waals surface area contributed by atoms with Crippen LogP contribution in [-0.2, 0) is 12.8 Å². The maximum absolute atomic E-state index is 5.59. The van der Waals surface area contributed by atoms with Crippen molar-refractivity contribution >= 4 is 47.6 Å². The van der Waals surface area contributed by atoms with Gasteiger partial charge in [0, 0.05) is 11.9 Å². The average Bonchev–Trinajstić information content (AvgIpc) is 3.03. The summed E-state index contributed by atoms with van der Waals surface area (Å²) in [4.78, 5) is 8.88. The molecule has 4 rings (SSSR count). The van der Waals surface area contributed by atoms with E-state index in [1.165, 1.54) is 16.8 Å². The van der Waals surface area contributed by atoms with Crippen molar-refractivity contribution in [1.29, 1.82) is 0 Å². The lowest BCUT2D eigenvalue weighted by Crippen LogP contribution is -1.94. The van der Waals surface area contributed by atoms with E-state index in [1.54, 1.807) is 0 Å². The number of fused-ring (bicyclic) bond motifs is 2. The lowest BCUT2D eigenvalue weighted by molar-refractivity contribution is 0.625. The number of pyridine rings is 1. The van der Waals surface area contributed by atoms with Crippen molar-refractivity contribution in [3.8, 4) is 0 Å². The van der Waals surface area contributed by atoms with Crippen molar-refractivity contribution in [2.24, 2.45) is 0 Å². The molecule has 0 fully saturated rings. The highest BCUT2D eigenvalue weighted by atomic mass is 35.5. The van der Waals surface area contributed by atoms with Crippen molar-refractivity contribution in [2.75, 3.05) is 5.73 Å². The fraction of sp³-hybridized carbons (Fsp3) is 0.222. The van der Waals surface area contributed by atoms with Crippen molar-refractivity contribution in [2.45, 2.75) is 26.7 Å². The molecule has 0 amide bonds.